The van der Waals surface area contributed by atoms with E-state index in [9.17, 15) is 14.3 Å². The molecule has 1 fully saturated rings. The first-order chi connectivity index (χ1) is 9.55. The van der Waals surface area contributed by atoms with Crippen LogP contribution in [0.5, 0.6) is 0 Å². The van der Waals surface area contributed by atoms with Gasteiger partial charge in [-0.3, -0.25) is 9.69 Å². The predicted molar refractivity (Wildman–Crippen MR) is 68.0 cm³/mol. The summed E-state index contributed by atoms with van der Waals surface area (Å²) >= 11 is 0. The molecule has 20 heavy (non-hydrogen) atoms. The van der Waals surface area contributed by atoms with Crippen molar-refractivity contribution in [2.24, 2.45) is 0 Å². The van der Waals surface area contributed by atoms with E-state index in [2.05, 4.69) is 0 Å². The smallest absolute Gasteiger partial charge is 0.323 e. The van der Waals surface area contributed by atoms with Gasteiger partial charge in [0.15, 0.2) is 0 Å². The summed E-state index contributed by atoms with van der Waals surface area (Å²) in [7, 11) is 1.30. The first-order valence-electron chi connectivity index (χ1n) is 6.23. The van der Waals surface area contributed by atoms with Gasteiger partial charge in [-0.2, -0.15) is 5.26 Å². The minimum Gasteiger partial charge on any atom is -0.468 e. The van der Waals surface area contributed by atoms with E-state index in [4.69, 9.17) is 10.00 Å². The lowest BCUT2D eigenvalue weighted by Crippen LogP contribution is -2.36. The number of carbonyl (C=O) groups is 1. The number of methoxy groups -OCH3 is 1. The van der Waals surface area contributed by atoms with Gasteiger partial charge in [-0.1, -0.05) is 6.07 Å². The highest BCUT2D eigenvalue weighted by Gasteiger charge is 2.36. The minimum absolute atomic E-state index is 0.231. The molecule has 1 aromatic carbocycles. The molecule has 0 saturated carbocycles. The second-order valence-electron chi connectivity index (χ2n) is 4.77. The monoisotopic (exact) mass is 278 g/mol. The van der Waals surface area contributed by atoms with Crippen molar-refractivity contribution < 1.29 is 19.0 Å². The van der Waals surface area contributed by atoms with E-state index in [0.717, 1.165) is 6.07 Å². The Labute approximate surface area is 116 Å². The molecule has 1 aliphatic rings. The first-order valence-corrected chi connectivity index (χ1v) is 6.23. The van der Waals surface area contributed by atoms with Gasteiger partial charge >= 0.3 is 5.97 Å². The number of ether oxygens (including phenoxy) is 1. The van der Waals surface area contributed by atoms with Crippen molar-refractivity contribution in [3.63, 3.8) is 0 Å². The number of hydrogen-bond acceptors (Lipinski definition) is 5. The molecule has 1 aromatic rings. The lowest BCUT2D eigenvalue weighted by Gasteiger charge is -2.22. The number of hydrogen-bond donors (Lipinski definition) is 1. The van der Waals surface area contributed by atoms with Gasteiger partial charge in [0.05, 0.1) is 24.8 Å². The zero-order valence-corrected chi connectivity index (χ0v) is 11.0. The van der Waals surface area contributed by atoms with Crippen molar-refractivity contribution in [3.8, 4) is 6.07 Å². The van der Waals surface area contributed by atoms with E-state index >= 15 is 0 Å². The van der Waals surface area contributed by atoms with E-state index in [1.807, 2.05) is 6.07 Å². The summed E-state index contributed by atoms with van der Waals surface area (Å²) in [4.78, 5) is 13.4. The fourth-order valence-electron chi connectivity index (χ4n) is 2.44. The number of aliphatic hydroxyl groups excluding tert-OH is 1. The van der Waals surface area contributed by atoms with Crippen LogP contribution in [0.4, 0.5) is 4.39 Å². The van der Waals surface area contributed by atoms with Crippen LogP contribution in [0.1, 0.15) is 17.5 Å². The maximum absolute atomic E-state index is 13.1. The number of aliphatic hydroxyl groups is 1. The zero-order valence-electron chi connectivity index (χ0n) is 11.0. The van der Waals surface area contributed by atoms with Crippen molar-refractivity contribution in [2.45, 2.75) is 25.1 Å². The van der Waals surface area contributed by atoms with Crippen LogP contribution in [0.2, 0.25) is 0 Å². The average molecular weight is 278 g/mol. The van der Waals surface area contributed by atoms with Gasteiger partial charge in [-0.25, -0.2) is 4.39 Å². The largest absolute Gasteiger partial charge is 0.468 e. The summed E-state index contributed by atoms with van der Waals surface area (Å²) in [6.07, 6.45) is -0.305. The Kier molecular flexibility index (Phi) is 4.32. The summed E-state index contributed by atoms with van der Waals surface area (Å²) in [5.74, 6) is -0.890. The van der Waals surface area contributed by atoms with Crippen LogP contribution in [0.3, 0.4) is 0 Å². The number of halogens is 1. The third kappa shape index (κ3) is 2.95. The Morgan fingerprint density at radius 1 is 1.65 bits per heavy atom. The molecular formula is C14H15FN2O3. The standard InChI is InChI=1S/C14H15FN2O3/c1-20-14(19)13-5-12(18)8-17(13)7-9-2-3-11(15)4-10(9)6-16/h2-4,12-13,18H,5,7-8H2,1H3. The van der Waals surface area contributed by atoms with Crippen LogP contribution in [0.25, 0.3) is 0 Å². The van der Waals surface area contributed by atoms with Crippen LogP contribution in [0, 0.1) is 17.1 Å². The topological polar surface area (TPSA) is 73.6 Å². The second-order valence-corrected chi connectivity index (χ2v) is 4.77. The number of rotatable bonds is 3. The number of benzene rings is 1. The molecule has 0 aliphatic carbocycles. The molecule has 1 aliphatic heterocycles. The summed E-state index contributed by atoms with van der Waals surface area (Å²) in [5.41, 5.74) is 0.854. The van der Waals surface area contributed by atoms with Gasteiger partial charge < -0.3 is 9.84 Å². The molecular weight excluding hydrogens is 263 g/mol. The van der Waals surface area contributed by atoms with E-state index in [1.54, 1.807) is 4.90 Å². The quantitative estimate of drug-likeness (QED) is 0.828. The molecule has 1 heterocycles. The molecule has 0 radical (unpaired) electrons. The molecule has 1 saturated heterocycles. The van der Waals surface area contributed by atoms with Crippen LogP contribution in [0.15, 0.2) is 18.2 Å². The van der Waals surface area contributed by atoms with Crippen LogP contribution in [-0.4, -0.2) is 41.8 Å². The van der Waals surface area contributed by atoms with E-state index in [0.29, 0.717) is 25.1 Å². The highest BCUT2D eigenvalue weighted by Crippen LogP contribution is 2.23. The van der Waals surface area contributed by atoms with Crippen molar-refractivity contribution in [1.82, 2.24) is 4.90 Å². The van der Waals surface area contributed by atoms with Crippen LogP contribution < -0.4 is 0 Å². The highest BCUT2D eigenvalue weighted by molar-refractivity contribution is 5.76. The van der Waals surface area contributed by atoms with Crippen molar-refractivity contribution in [2.75, 3.05) is 13.7 Å². The molecule has 2 unspecified atom stereocenters. The summed E-state index contributed by atoms with van der Waals surface area (Å²) in [5, 5.41) is 18.7. The SMILES string of the molecule is COC(=O)C1CC(O)CN1Cc1ccc(F)cc1C#N. The summed E-state index contributed by atoms with van der Waals surface area (Å²) in [6, 6.07) is 5.35. The van der Waals surface area contributed by atoms with Crippen LogP contribution in [-0.2, 0) is 16.1 Å². The lowest BCUT2D eigenvalue weighted by molar-refractivity contribution is -0.146. The first kappa shape index (κ1) is 14.4. The number of nitrogens with zero attached hydrogens (tertiary/aromatic N) is 2. The Bertz CT molecular complexity index is 556. The van der Waals surface area contributed by atoms with Crippen molar-refractivity contribution in [3.05, 3.63) is 35.1 Å². The number of nitriles is 1. The molecule has 1 N–H and O–H groups in total. The molecule has 2 rings (SSSR count). The van der Waals surface area contributed by atoms with E-state index in [-0.39, 0.29) is 5.56 Å². The Hall–Kier alpha value is -1.97. The molecule has 0 aromatic heterocycles. The molecule has 5 nitrogen and oxygen atoms in total. The maximum atomic E-state index is 13.1. The average Bonchev–Trinajstić information content (AvgIpc) is 2.80. The van der Waals surface area contributed by atoms with Crippen molar-refractivity contribution in [1.29, 1.82) is 5.26 Å². The van der Waals surface area contributed by atoms with Crippen LogP contribution >= 0.6 is 0 Å². The molecule has 0 spiro atoms. The zero-order chi connectivity index (χ0) is 14.7. The molecule has 6 heteroatoms. The third-order valence-electron chi connectivity index (χ3n) is 3.42. The Morgan fingerprint density at radius 3 is 3.05 bits per heavy atom. The Morgan fingerprint density at radius 2 is 2.40 bits per heavy atom. The highest BCUT2D eigenvalue weighted by atomic mass is 19.1. The molecule has 0 bridgehead atoms. The normalized spacial score (nSPS) is 22.5. The number of esters is 1. The van der Waals surface area contributed by atoms with Gasteiger partial charge in [0.25, 0.3) is 0 Å². The number of likely N-dealkylation sites (tertiary alicyclic amines) is 1. The summed E-state index contributed by atoms with van der Waals surface area (Å²) in [6.45, 7) is 0.613. The second kappa shape index (κ2) is 5.99. The fraction of sp³-hybridized carbons (Fsp3) is 0.429. The maximum Gasteiger partial charge on any atom is 0.323 e. The van der Waals surface area contributed by atoms with Crippen molar-refractivity contribution >= 4 is 5.97 Å². The molecule has 0 amide bonds. The third-order valence-corrected chi connectivity index (χ3v) is 3.42. The van der Waals surface area contributed by atoms with E-state index in [1.165, 1.54) is 19.2 Å². The molecule has 106 valence electrons. The van der Waals surface area contributed by atoms with Gasteiger partial charge in [0, 0.05) is 19.5 Å². The van der Waals surface area contributed by atoms with Gasteiger partial charge in [0.2, 0.25) is 0 Å². The van der Waals surface area contributed by atoms with Gasteiger partial charge in [0.1, 0.15) is 11.9 Å². The molecule has 2 atom stereocenters. The number of β-amino-alcohol motifs (C(OH)–C–C–N with tert-alkyl or cyclic N) is 1. The van der Waals surface area contributed by atoms with Gasteiger partial charge in [-0.15, -0.1) is 0 Å². The van der Waals surface area contributed by atoms with Gasteiger partial charge in [-0.05, 0) is 17.7 Å². The lowest BCUT2D eigenvalue weighted by atomic mass is 10.1. The number of carbonyl (C=O) groups excluding carboxylic acids is 1. The Balaban J connectivity index is 2.20. The minimum atomic E-state index is -0.606. The predicted octanol–water partition coefficient (Wildman–Crippen LogP) is 0.806. The summed E-state index contributed by atoms with van der Waals surface area (Å²) < 4.78 is 17.8. The van der Waals surface area contributed by atoms with E-state index < -0.39 is 23.9 Å². The fourth-order valence-corrected chi connectivity index (χ4v) is 2.44.